The molecule has 0 unspecified atom stereocenters. The SMILES string of the molecule is CC1(C)c2cc(-c3ccc(-c4ncc(-c5ccc6c(c5)C(C)(C)c5cc(-c7ccccc7-c7cccc8ccccc78)ccc5-6)cn4)cc3)ccc2-c2ccc(-c3ccccc3-c3cccc4ccccc34)cc21. The molecule has 0 saturated carbocycles. The highest BCUT2D eigenvalue weighted by Gasteiger charge is 2.37. The third kappa shape index (κ3) is 6.93. The minimum absolute atomic E-state index is 0.172. The van der Waals surface area contributed by atoms with E-state index < -0.39 is 0 Å². The molecule has 74 heavy (non-hydrogen) atoms. The van der Waals surface area contributed by atoms with Crippen molar-refractivity contribution in [1.29, 1.82) is 0 Å². The summed E-state index contributed by atoms with van der Waals surface area (Å²) in [4.78, 5) is 9.87. The Kier molecular flexibility index (Phi) is 9.94. The molecule has 0 saturated heterocycles. The molecule has 2 aliphatic carbocycles. The predicted octanol–water partition coefficient (Wildman–Crippen LogP) is 19.1. The molecule has 0 radical (unpaired) electrons. The van der Waals surface area contributed by atoms with Crippen LogP contribution in [0.15, 0.2) is 243 Å². The molecule has 1 heterocycles. The molecule has 0 atom stereocenters. The third-order valence-corrected chi connectivity index (χ3v) is 16.4. The summed E-state index contributed by atoms with van der Waals surface area (Å²) in [5.74, 6) is 0.717. The molecule has 0 aliphatic heterocycles. The predicted molar refractivity (Wildman–Crippen MR) is 310 cm³/mol. The van der Waals surface area contributed by atoms with Gasteiger partial charge in [0.2, 0.25) is 0 Å². The smallest absolute Gasteiger partial charge is 0.159 e. The van der Waals surface area contributed by atoms with Crippen LogP contribution in [0.25, 0.3) is 122 Å². The maximum absolute atomic E-state index is 4.94. The molecule has 0 fully saturated rings. The van der Waals surface area contributed by atoms with Crippen molar-refractivity contribution < 1.29 is 0 Å². The topological polar surface area (TPSA) is 25.8 Å². The van der Waals surface area contributed by atoms with E-state index in [9.17, 15) is 0 Å². The van der Waals surface area contributed by atoms with Crippen LogP contribution in [0, 0.1) is 0 Å². The summed E-state index contributed by atoms with van der Waals surface area (Å²) in [5, 5.41) is 5.05. The van der Waals surface area contributed by atoms with E-state index in [0.717, 1.165) is 16.7 Å². The summed E-state index contributed by atoms with van der Waals surface area (Å²) in [6, 6.07) is 85.0. The van der Waals surface area contributed by atoms with E-state index in [1.165, 1.54) is 122 Å². The summed E-state index contributed by atoms with van der Waals surface area (Å²) < 4.78 is 0. The third-order valence-electron chi connectivity index (χ3n) is 16.4. The van der Waals surface area contributed by atoms with Gasteiger partial charge >= 0.3 is 0 Å². The first kappa shape index (κ1) is 43.8. The van der Waals surface area contributed by atoms with Crippen LogP contribution in [0.3, 0.4) is 0 Å². The Morgan fingerprint density at radius 1 is 0.243 bits per heavy atom. The first-order valence-electron chi connectivity index (χ1n) is 25.9. The Hall–Kier alpha value is -8.98. The lowest BCUT2D eigenvalue weighted by Crippen LogP contribution is -2.15. The van der Waals surface area contributed by atoms with Gasteiger partial charge in [0.05, 0.1) is 0 Å². The molecule has 0 spiro atoms. The quantitative estimate of drug-likeness (QED) is 0.159. The van der Waals surface area contributed by atoms with E-state index in [4.69, 9.17) is 9.97 Å². The number of aromatic nitrogens is 2. The van der Waals surface area contributed by atoms with Gasteiger partial charge in [-0.15, -0.1) is 0 Å². The lowest BCUT2D eigenvalue weighted by molar-refractivity contribution is 0.660. The lowest BCUT2D eigenvalue weighted by Gasteiger charge is -2.23. The zero-order valence-corrected chi connectivity index (χ0v) is 42.0. The monoisotopic (exact) mass is 944 g/mol. The molecular weight excluding hydrogens is 893 g/mol. The highest BCUT2D eigenvalue weighted by molar-refractivity contribution is 6.02. The van der Waals surface area contributed by atoms with Gasteiger partial charge in [-0.05, 0) is 152 Å². The minimum atomic E-state index is -0.193. The molecular formula is C72H52N2. The van der Waals surface area contributed by atoms with Crippen LogP contribution in [0.2, 0.25) is 0 Å². The summed E-state index contributed by atoms with van der Waals surface area (Å²) in [6.45, 7) is 9.46. The molecule has 11 aromatic carbocycles. The van der Waals surface area contributed by atoms with Crippen LogP contribution in [-0.2, 0) is 10.8 Å². The van der Waals surface area contributed by atoms with Crippen LogP contribution in [0.1, 0.15) is 49.9 Å². The molecule has 1 aromatic heterocycles. The van der Waals surface area contributed by atoms with E-state index in [2.05, 4.69) is 258 Å². The standard InChI is InChI=1S/C72H52N2/c1-71(2)66-39-49(31-35-62(66)64-37-33-51(41-68(64)71)56-21-9-11-23-58(56)60-25-13-17-46-15-5-7-19-54(46)60)45-27-29-48(30-28-45)70-73-43-53(44-74-70)50-32-36-63-65-38-34-52(42-69(65)72(3,4)67(63)40-50)57-22-10-12-24-59(57)61-26-14-18-47-16-6-8-20-55(47)61/h5-44H,1-4H3. The highest BCUT2D eigenvalue weighted by Crippen LogP contribution is 2.53. The van der Waals surface area contributed by atoms with Gasteiger partial charge < -0.3 is 0 Å². The average molecular weight is 945 g/mol. The van der Waals surface area contributed by atoms with E-state index >= 15 is 0 Å². The van der Waals surface area contributed by atoms with Crippen molar-refractivity contribution in [2.45, 2.75) is 38.5 Å². The van der Waals surface area contributed by atoms with Crippen LogP contribution < -0.4 is 0 Å². The van der Waals surface area contributed by atoms with Gasteiger partial charge in [0, 0.05) is 34.4 Å². The molecule has 0 N–H and O–H groups in total. The van der Waals surface area contributed by atoms with Crippen LogP contribution in [-0.4, -0.2) is 9.97 Å². The molecule has 0 bridgehead atoms. The van der Waals surface area contributed by atoms with Gasteiger partial charge in [0.1, 0.15) is 0 Å². The van der Waals surface area contributed by atoms with Crippen LogP contribution >= 0.6 is 0 Å². The Bertz CT molecular complexity index is 3950. The molecule has 2 nitrogen and oxygen atoms in total. The molecule has 2 heteroatoms. The van der Waals surface area contributed by atoms with Gasteiger partial charge in [-0.3, -0.25) is 0 Å². The maximum Gasteiger partial charge on any atom is 0.159 e. The zero-order valence-electron chi connectivity index (χ0n) is 42.0. The Morgan fingerprint density at radius 3 is 1.03 bits per heavy atom. The van der Waals surface area contributed by atoms with Crippen LogP contribution in [0.4, 0.5) is 0 Å². The first-order chi connectivity index (χ1) is 36.2. The van der Waals surface area contributed by atoms with Crippen molar-refractivity contribution in [3.8, 4) is 100 Å². The molecule has 2 aliphatic rings. The van der Waals surface area contributed by atoms with Gasteiger partial charge in [-0.2, -0.15) is 0 Å². The number of fused-ring (bicyclic) bond motifs is 8. The van der Waals surface area contributed by atoms with Gasteiger partial charge in [0.15, 0.2) is 5.82 Å². The Balaban J connectivity index is 0.707. The maximum atomic E-state index is 4.94. The molecule has 12 aromatic rings. The summed E-state index contributed by atoms with van der Waals surface area (Å²) >= 11 is 0. The number of rotatable bonds is 7. The van der Waals surface area contributed by atoms with E-state index in [0.29, 0.717) is 5.82 Å². The fraction of sp³-hybridized carbons (Fsp3) is 0.0833. The second kappa shape index (κ2) is 16.8. The van der Waals surface area contributed by atoms with Crippen molar-refractivity contribution >= 4 is 21.5 Å². The van der Waals surface area contributed by atoms with Gasteiger partial charge in [0.25, 0.3) is 0 Å². The second-order valence-corrected chi connectivity index (χ2v) is 21.3. The zero-order chi connectivity index (χ0) is 49.7. The van der Waals surface area contributed by atoms with Crippen molar-refractivity contribution in [2.75, 3.05) is 0 Å². The minimum Gasteiger partial charge on any atom is -0.236 e. The number of benzene rings is 11. The fourth-order valence-electron chi connectivity index (χ4n) is 12.5. The summed E-state index contributed by atoms with van der Waals surface area (Å²) in [6.07, 6.45) is 3.95. The molecule has 0 amide bonds. The van der Waals surface area contributed by atoms with Crippen molar-refractivity contribution in [1.82, 2.24) is 9.97 Å². The largest absolute Gasteiger partial charge is 0.236 e. The molecule has 350 valence electrons. The Labute approximate surface area is 433 Å². The second-order valence-electron chi connectivity index (χ2n) is 21.3. The van der Waals surface area contributed by atoms with E-state index in [-0.39, 0.29) is 10.8 Å². The van der Waals surface area contributed by atoms with Crippen molar-refractivity contribution in [3.63, 3.8) is 0 Å². The Morgan fingerprint density at radius 2 is 0.568 bits per heavy atom. The normalized spacial score (nSPS) is 13.6. The number of nitrogens with zero attached hydrogens (tertiary/aromatic N) is 2. The average Bonchev–Trinajstić information content (AvgIpc) is 3.88. The van der Waals surface area contributed by atoms with Gasteiger partial charge in [-0.1, -0.05) is 234 Å². The summed E-state index contributed by atoms with van der Waals surface area (Å²) in [7, 11) is 0. The van der Waals surface area contributed by atoms with E-state index in [1.807, 2.05) is 12.4 Å². The summed E-state index contributed by atoms with van der Waals surface area (Å²) in [5.41, 5.74) is 25.8. The van der Waals surface area contributed by atoms with Crippen LogP contribution in [0.5, 0.6) is 0 Å². The highest BCUT2D eigenvalue weighted by atomic mass is 14.9. The molecule has 14 rings (SSSR count). The van der Waals surface area contributed by atoms with Crippen molar-refractivity contribution in [2.24, 2.45) is 0 Å². The number of hydrogen-bond acceptors (Lipinski definition) is 2. The van der Waals surface area contributed by atoms with E-state index in [1.54, 1.807) is 0 Å². The number of hydrogen-bond donors (Lipinski definition) is 0. The van der Waals surface area contributed by atoms with Gasteiger partial charge in [-0.25, -0.2) is 9.97 Å². The first-order valence-corrected chi connectivity index (χ1v) is 25.9. The lowest BCUT2D eigenvalue weighted by atomic mass is 9.80. The fourth-order valence-corrected chi connectivity index (χ4v) is 12.5. The van der Waals surface area contributed by atoms with Crippen molar-refractivity contribution in [3.05, 3.63) is 265 Å².